The summed E-state index contributed by atoms with van der Waals surface area (Å²) >= 11 is 4.28. The lowest BCUT2D eigenvalue weighted by Gasteiger charge is -2.17. The van der Waals surface area contributed by atoms with Gasteiger partial charge in [0.05, 0.1) is 6.04 Å². The van der Waals surface area contributed by atoms with Crippen LogP contribution in [0.1, 0.15) is 37.8 Å². The van der Waals surface area contributed by atoms with Gasteiger partial charge in [-0.2, -0.15) is 12.6 Å². The third kappa shape index (κ3) is 3.05. The molecule has 1 aliphatic rings. The van der Waals surface area contributed by atoms with Crippen LogP contribution in [-0.2, 0) is 4.79 Å². The number of halogens is 1. The van der Waals surface area contributed by atoms with Crippen LogP contribution in [0.5, 0.6) is 0 Å². The summed E-state index contributed by atoms with van der Waals surface area (Å²) in [5.74, 6) is 0.451. The Kier molecular flexibility index (Phi) is 3.95. The summed E-state index contributed by atoms with van der Waals surface area (Å²) in [5, 5.41) is 2.85. The Labute approximate surface area is 112 Å². The van der Waals surface area contributed by atoms with E-state index in [2.05, 4.69) is 17.9 Å². The van der Waals surface area contributed by atoms with E-state index in [0.29, 0.717) is 12.0 Å². The molecule has 98 valence electrons. The number of carbonyl (C=O) groups is 1. The van der Waals surface area contributed by atoms with Gasteiger partial charge in [-0.15, -0.1) is 0 Å². The molecule has 4 heteroatoms. The zero-order valence-electron chi connectivity index (χ0n) is 10.4. The van der Waals surface area contributed by atoms with Crippen LogP contribution in [0.25, 0.3) is 0 Å². The highest BCUT2D eigenvalue weighted by molar-refractivity contribution is 7.80. The average Bonchev–Trinajstić information content (AvgIpc) is 3.09. The van der Waals surface area contributed by atoms with Crippen LogP contribution < -0.4 is 5.32 Å². The largest absolute Gasteiger partial charge is 0.349 e. The lowest BCUT2D eigenvalue weighted by Crippen LogP contribution is -2.29. The highest BCUT2D eigenvalue weighted by Gasteiger charge is 2.42. The Morgan fingerprint density at radius 1 is 1.50 bits per heavy atom. The van der Waals surface area contributed by atoms with E-state index < -0.39 is 0 Å². The van der Waals surface area contributed by atoms with Gasteiger partial charge in [-0.1, -0.05) is 18.2 Å². The number of hydrogen-bond acceptors (Lipinski definition) is 2. The van der Waals surface area contributed by atoms with E-state index in [-0.39, 0.29) is 23.2 Å². The van der Waals surface area contributed by atoms with Gasteiger partial charge in [-0.25, -0.2) is 4.39 Å². The summed E-state index contributed by atoms with van der Waals surface area (Å²) in [6, 6.07) is 6.24. The van der Waals surface area contributed by atoms with Gasteiger partial charge in [-0.3, -0.25) is 4.79 Å². The number of nitrogens with one attached hydrogen (secondary N) is 1. The molecule has 0 radical (unpaired) electrons. The molecule has 1 aliphatic carbocycles. The Balaban J connectivity index is 1.93. The predicted molar refractivity (Wildman–Crippen MR) is 73.1 cm³/mol. The molecule has 18 heavy (non-hydrogen) atoms. The fourth-order valence-electron chi connectivity index (χ4n) is 2.10. The van der Waals surface area contributed by atoms with Crippen LogP contribution in [0, 0.1) is 11.2 Å². The molecule has 0 spiro atoms. The first-order valence-corrected chi connectivity index (χ1v) is 6.84. The number of thiol groups is 1. The molecule has 1 unspecified atom stereocenters. The lowest BCUT2D eigenvalue weighted by atomic mass is 10.0. The van der Waals surface area contributed by atoms with Crippen LogP contribution in [0.2, 0.25) is 0 Å². The van der Waals surface area contributed by atoms with Crippen LogP contribution in [-0.4, -0.2) is 11.7 Å². The highest BCUT2D eigenvalue weighted by Crippen LogP contribution is 2.49. The molecule has 0 saturated heterocycles. The maximum Gasteiger partial charge on any atom is 0.221 e. The van der Waals surface area contributed by atoms with Gasteiger partial charge in [0.25, 0.3) is 0 Å². The maximum atomic E-state index is 13.5. The van der Waals surface area contributed by atoms with Gasteiger partial charge in [-0.05, 0) is 37.0 Å². The Hall–Kier alpha value is -1.03. The van der Waals surface area contributed by atoms with Crippen LogP contribution >= 0.6 is 12.6 Å². The van der Waals surface area contributed by atoms with Crippen LogP contribution in [0.3, 0.4) is 0 Å². The fraction of sp³-hybridized carbons (Fsp3) is 0.500. The molecule has 1 saturated carbocycles. The monoisotopic (exact) mass is 267 g/mol. The molecule has 1 N–H and O–H groups in total. The Bertz CT molecular complexity index is 445. The summed E-state index contributed by atoms with van der Waals surface area (Å²) in [7, 11) is 0. The van der Waals surface area contributed by atoms with Crippen LogP contribution in [0.15, 0.2) is 24.3 Å². The molecule has 1 atom stereocenters. The lowest BCUT2D eigenvalue weighted by molar-refractivity contribution is -0.122. The molecular formula is C14H18FNOS. The van der Waals surface area contributed by atoms with E-state index in [1.54, 1.807) is 25.1 Å². The molecule has 1 amide bonds. The molecule has 0 bridgehead atoms. The topological polar surface area (TPSA) is 29.1 Å². The zero-order valence-corrected chi connectivity index (χ0v) is 11.3. The van der Waals surface area contributed by atoms with Crippen molar-refractivity contribution in [2.24, 2.45) is 5.41 Å². The highest BCUT2D eigenvalue weighted by atomic mass is 32.1. The van der Waals surface area contributed by atoms with Crippen molar-refractivity contribution < 1.29 is 9.18 Å². The molecular weight excluding hydrogens is 249 g/mol. The second kappa shape index (κ2) is 5.31. The smallest absolute Gasteiger partial charge is 0.221 e. The molecule has 1 aromatic carbocycles. The zero-order chi connectivity index (χ0) is 13.2. The van der Waals surface area contributed by atoms with Crippen molar-refractivity contribution in [1.29, 1.82) is 0 Å². The predicted octanol–water partition coefficient (Wildman–Crippen LogP) is 3.10. The minimum Gasteiger partial charge on any atom is -0.349 e. The standard InChI is InChI=1S/C14H18FNOS/c1-10(11-4-2-3-5-12(11)15)16-13(17)8-14(9-18)6-7-14/h2-5,10,18H,6-9H2,1H3,(H,16,17). The summed E-state index contributed by atoms with van der Waals surface area (Å²) in [6.07, 6.45) is 2.63. The minimum absolute atomic E-state index is 0.0164. The molecule has 2 nitrogen and oxygen atoms in total. The molecule has 1 fully saturated rings. The van der Waals surface area contributed by atoms with Gasteiger partial charge < -0.3 is 5.32 Å². The van der Waals surface area contributed by atoms with Gasteiger partial charge >= 0.3 is 0 Å². The summed E-state index contributed by atoms with van der Waals surface area (Å²) in [4.78, 5) is 11.9. The van der Waals surface area contributed by atoms with Crippen molar-refractivity contribution in [3.8, 4) is 0 Å². The molecule has 0 aromatic heterocycles. The van der Waals surface area contributed by atoms with Gasteiger partial charge in [0, 0.05) is 12.0 Å². The normalized spacial score (nSPS) is 18.2. The van der Waals surface area contributed by atoms with Crippen molar-refractivity contribution in [2.45, 2.75) is 32.2 Å². The van der Waals surface area contributed by atoms with Crippen molar-refractivity contribution in [3.63, 3.8) is 0 Å². The third-order valence-corrected chi connectivity index (χ3v) is 4.25. The molecule has 2 rings (SSSR count). The third-order valence-electron chi connectivity index (χ3n) is 3.58. The minimum atomic E-state index is -0.297. The second-order valence-electron chi connectivity index (χ2n) is 5.15. The number of carbonyl (C=O) groups excluding carboxylic acids is 1. The summed E-state index contributed by atoms with van der Waals surface area (Å²) in [6.45, 7) is 1.80. The van der Waals surface area contributed by atoms with E-state index in [0.717, 1.165) is 18.6 Å². The van der Waals surface area contributed by atoms with Crippen molar-refractivity contribution in [2.75, 3.05) is 5.75 Å². The fourth-order valence-corrected chi connectivity index (χ4v) is 2.53. The van der Waals surface area contributed by atoms with E-state index >= 15 is 0 Å². The van der Waals surface area contributed by atoms with E-state index in [4.69, 9.17) is 0 Å². The second-order valence-corrected chi connectivity index (χ2v) is 5.46. The first-order chi connectivity index (χ1) is 8.56. The SMILES string of the molecule is CC(NC(=O)CC1(CS)CC1)c1ccccc1F. The number of benzene rings is 1. The van der Waals surface area contributed by atoms with Crippen molar-refractivity contribution >= 4 is 18.5 Å². The van der Waals surface area contributed by atoms with Gasteiger partial charge in [0.1, 0.15) is 5.82 Å². The van der Waals surface area contributed by atoms with Crippen molar-refractivity contribution in [1.82, 2.24) is 5.32 Å². The van der Waals surface area contributed by atoms with Gasteiger partial charge in [0.2, 0.25) is 5.91 Å². The number of amides is 1. The summed E-state index contributed by atoms with van der Waals surface area (Å²) < 4.78 is 13.5. The Morgan fingerprint density at radius 3 is 2.72 bits per heavy atom. The quantitative estimate of drug-likeness (QED) is 0.789. The van der Waals surface area contributed by atoms with E-state index in [9.17, 15) is 9.18 Å². The summed E-state index contributed by atoms with van der Waals surface area (Å²) in [5.41, 5.74) is 0.629. The first-order valence-electron chi connectivity index (χ1n) is 6.21. The number of hydrogen-bond donors (Lipinski definition) is 2. The Morgan fingerprint density at radius 2 is 2.17 bits per heavy atom. The molecule has 0 aliphatic heterocycles. The van der Waals surface area contributed by atoms with Gasteiger partial charge in [0.15, 0.2) is 0 Å². The molecule has 0 heterocycles. The van der Waals surface area contributed by atoms with Crippen LogP contribution in [0.4, 0.5) is 4.39 Å². The first kappa shape index (κ1) is 13.4. The molecule has 1 aromatic rings. The van der Waals surface area contributed by atoms with E-state index in [1.165, 1.54) is 6.07 Å². The van der Waals surface area contributed by atoms with Crippen molar-refractivity contribution in [3.05, 3.63) is 35.6 Å². The average molecular weight is 267 g/mol. The number of rotatable bonds is 5. The van der Waals surface area contributed by atoms with E-state index in [1.807, 2.05) is 0 Å². The maximum absolute atomic E-state index is 13.5.